The van der Waals surface area contributed by atoms with Crippen LogP contribution in [0.1, 0.15) is 25.7 Å². The summed E-state index contributed by atoms with van der Waals surface area (Å²) in [6, 6.07) is 11.1. The highest BCUT2D eigenvalue weighted by atomic mass is 32.2. The molecule has 8 nitrogen and oxygen atoms in total. The van der Waals surface area contributed by atoms with E-state index in [1.165, 1.54) is 23.5 Å². The summed E-state index contributed by atoms with van der Waals surface area (Å²) in [5.41, 5.74) is 0.374. The summed E-state index contributed by atoms with van der Waals surface area (Å²) in [6.07, 6.45) is 2.59. The number of carbonyl (C=O) groups is 2. The molecule has 1 heterocycles. The summed E-state index contributed by atoms with van der Waals surface area (Å²) in [5, 5.41) is 5.04. The Hall–Kier alpha value is -2.98. The van der Waals surface area contributed by atoms with Crippen LogP contribution in [-0.4, -0.2) is 50.8 Å². The van der Waals surface area contributed by atoms with Crippen LogP contribution in [0, 0.1) is 5.82 Å². The number of anilines is 1. The third-order valence-corrected chi connectivity index (χ3v) is 7.28. The highest BCUT2D eigenvalue weighted by molar-refractivity contribution is 7.89. The minimum atomic E-state index is -3.78. The molecule has 32 heavy (non-hydrogen) atoms. The predicted molar refractivity (Wildman–Crippen MR) is 117 cm³/mol. The summed E-state index contributed by atoms with van der Waals surface area (Å²) in [6.45, 7) is 0.491. The van der Waals surface area contributed by atoms with E-state index in [1.807, 2.05) is 0 Å². The van der Waals surface area contributed by atoms with E-state index in [0.29, 0.717) is 30.8 Å². The van der Waals surface area contributed by atoms with Crippen molar-refractivity contribution in [2.45, 2.75) is 36.6 Å². The molecule has 0 radical (unpaired) electrons. The van der Waals surface area contributed by atoms with Gasteiger partial charge in [0.1, 0.15) is 11.6 Å². The maximum absolute atomic E-state index is 13.2. The van der Waals surface area contributed by atoms with Crippen LogP contribution >= 0.6 is 0 Å². The number of nitrogens with zero attached hydrogens (tertiary/aromatic N) is 1. The zero-order chi connectivity index (χ0) is 23.1. The van der Waals surface area contributed by atoms with Crippen molar-refractivity contribution in [3.05, 3.63) is 54.3 Å². The van der Waals surface area contributed by atoms with Gasteiger partial charge in [0.25, 0.3) is 0 Å². The van der Waals surface area contributed by atoms with Crippen LogP contribution in [-0.2, 0) is 19.6 Å². The van der Waals surface area contributed by atoms with Crippen LogP contribution in [0.5, 0.6) is 5.75 Å². The first-order valence-corrected chi connectivity index (χ1v) is 11.8. The third-order valence-electron chi connectivity index (χ3n) is 5.32. The molecule has 0 bridgehead atoms. The molecule has 1 atom stereocenters. The number of methoxy groups -OCH3 is 1. The highest BCUT2D eigenvalue weighted by Gasteiger charge is 2.33. The molecular formula is C22H26FN3O5S. The summed E-state index contributed by atoms with van der Waals surface area (Å²) in [5.74, 6) is -1.74. The molecule has 0 unspecified atom stereocenters. The Labute approximate surface area is 186 Å². The maximum atomic E-state index is 13.2. The topological polar surface area (TPSA) is 105 Å². The molecule has 1 fully saturated rings. The Balaban J connectivity index is 1.58. The van der Waals surface area contributed by atoms with E-state index in [0.717, 1.165) is 25.0 Å². The molecule has 2 amide bonds. The highest BCUT2D eigenvalue weighted by Crippen LogP contribution is 2.27. The Bertz CT molecular complexity index is 1060. The lowest BCUT2D eigenvalue weighted by atomic mass is 10.0. The van der Waals surface area contributed by atoms with Gasteiger partial charge in [-0.1, -0.05) is 18.6 Å². The Morgan fingerprint density at radius 1 is 1.09 bits per heavy atom. The van der Waals surface area contributed by atoms with Crippen molar-refractivity contribution in [1.29, 1.82) is 0 Å². The van der Waals surface area contributed by atoms with Crippen molar-refractivity contribution >= 4 is 27.5 Å². The van der Waals surface area contributed by atoms with E-state index >= 15 is 0 Å². The minimum Gasteiger partial charge on any atom is -0.495 e. The van der Waals surface area contributed by atoms with Crippen LogP contribution in [0.15, 0.2) is 53.4 Å². The van der Waals surface area contributed by atoms with Gasteiger partial charge in [0.15, 0.2) is 0 Å². The van der Waals surface area contributed by atoms with Crippen LogP contribution < -0.4 is 15.4 Å². The number of halogens is 1. The van der Waals surface area contributed by atoms with Crippen molar-refractivity contribution in [3.8, 4) is 5.75 Å². The molecule has 0 aromatic heterocycles. The van der Waals surface area contributed by atoms with Gasteiger partial charge >= 0.3 is 11.8 Å². The number of hydrogen-bond acceptors (Lipinski definition) is 5. The first-order valence-electron chi connectivity index (χ1n) is 10.3. The van der Waals surface area contributed by atoms with Gasteiger partial charge in [-0.25, -0.2) is 12.8 Å². The van der Waals surface area contributed by atoms with E-state index in [-0.39, 0.29) is 17.5 Å². The number of amides is 2. The predicted octanol–water partition coefficient (Wildman–Crippen LogP) is 2.52. The summed E-state index contributed by atoms with van der Waals surface area (Å²) in [7, 11) is -2.32. The second kappa shape index (κ2) is 10.6. The molecule has 0 spiro atoms. The number of rotatable bonds is 7. The van der Waals surface area contributed by atoms with Crippen molar-refractivity contribution in [2.75, 3.05) is 25.5 Å². The monoisotopic (exact) mass is 463 g/mol. The van der Waals surface area contributed by atoms with E-state index in [1.54, 1.807) is 24.3 Å². The van der Waals surface area contributed by atoms with Gasteiger partial charge in [0.05, 0.1) is 17.7 Å². The fraction of sp³-hybridized carbons (Fsp3) is 0.364. The van der Waals surface area contributed by atoms with Crippen molar-refractivity contribution < 1.29 is 27.1 Å². The molecular weight excluding hydrogens is 437 g/mol. The van der Waals surface area contributed by atoms with Crippen LogP contribution in [0.25, 0.3) is 0 Å². The van der Waals surface area contributed by atoms with Crippen LogP contribution in [0.3, 0.4) is 0 Å². The maximum Gasteiger partial charge on any atom is 0.313 e. The second-order valence-electron chi connectivity index (χ2n) is 7.42. The number of benzene rings is 2. The van der Waals surface area contributed by atoms with E-state index in [9.17, 15) is 22.4 Å². The zero-order valence-electron chi connectivity index (χ0n) is 17.7. The molecule has 2 aromatic rings. The lowest BCUT2D eigenvalue weighted by molar-refractivity contribution is -0.136. The molecule has 10 heteroatoms. The summed E-state index contributed by atoms with van der Waals surface area (Å²) < 4.78 is 45.8. The SMILES string of the molecule is COc1ccccc1NC(=O)C(=O)NCC[C@H]1CCCCN1S(=O)(=O)c1ccc(F)cc1. The Morgan fingerprint density at radius 3 is 2.53 bits per heavy atom. The van der Waals surface area contributed by atoms with E-state index in [4.69, 9.17) is 4.74 Å². The zero-order valence-corrected chi connectivity index (χ0v) is 18.5. The second-order valence-corrected chi connectivity index (χ2v) is 9.31. The molecule has 3 rings (SSSR count). The standard InChI is InChI=1S/C22H26FN3O5S/c1-31-20-8-3-2-7-19(20)25-22(28)21(27)24-14-13-17-6-4-5-15-26(17)32(29,30)18-11-9-16(23)10-12-18/h2-3,7-12,17H,4-6,13-15H2,1H3,(H,24,27)(H,25,28)/t17-/m1/s1. The lowest BCUT2D eigenvalue weighted by Crippen LogP contribution is -2.45. The number of piperidine rings is 1. The van der Waals surface area contributed by atoms with Crippen LogP contribution in [0.2, 0.25) is 0 Å². The first kappa shape index (κ1) is 23.7. The van der Waals surface area contributed by atoms with Crippen molar-refractivity contribution in [1.82, 2.24) is 9.62 Å². The fourth-order valence-electron chi connectivity index (χ4n) is 3.68. The average Bonchev–Trinajstić information content (AvgIpc) is 2.80. The van der Waals surface area contributed by atoms with Gasteiger partial charge < -0.3 is 15.4 Å². The molecule has 2 aromatic carbocycles. The summed E-state index contributed by atoms with van der Waals surface area (Å²) in [4.78, 5) is 24.4. The third kappa shape index (κ3) is 5.63. The molecule has 1 aliphatic heterocycles. The molecule has 1 aliphatic rings. The average molecular weight is 464 g/mol. The van der Waals surface area contributed by atoms with Gasteiger partial charge in [0, 0.05) is 19.1 Å². The number of sulfonamides is 1. The number of nitrogens with one attached hydrogen (secondary N) is 2. The first-order chi connectivity index (χ1) is 15.3. The molecule has 1 saturated heterocycles. The van der Waals surface area contributed by atoms with Crippen molar-refractivity contribution in [2.24, 2.45) is 0 Å². The van der Waals surface area contributed by atoms with E-state index in [2.05, 4.69) is 10.6 Å². The van der Waals surface area contributed by atoms with Crippen molar-refractivity contribution in [3.63, 3.8) is 0 Å². The number of ether oxygens (including phenoxy) is 1. The molecule has 2 N–H and O–H groups in total. The largest absolute Gasteiger partial charge is 0.495 e. The Morgan fingerprint density at radius 2 is 1.81 bits per heavy atom. The number of carbonyl (C=O) groups excluding carboxylic acids is 2. The number of para-hydroxylation sites is 2. The lowest BCUT2D eigenvalue weighted by Gasteiger charge is -2.34. The van der Waals surface area contributed by atoms with Crippen LogP contribution in [0.4, 0.5) is 10.1 Å². The smallest absolute Gasteiger partial charge is 0.313 e. The van der Waals surface area contributed by atoms with E-state index < -0.39 is 27.7 Å². The van der Waals surface area contributed by atoms with Gasteiger partial charge in [-0.15, -0.1) is 0 Å². The van der Waals surface area contributed by atoms with Gasteiger partial charge in [0.2, 0.25) is 10.0 Å². The quantitative estimate of drug-likeness (QED) is 0.614. The molecule has 0 saturated carbocycles. The van der Waals surface area contributed by atoms with Gasteiger partial charge in [-0.2, -0.15) is 4.31 Å². The molecule has 172 valence electrons. The van der Waals surface area contributed by atoms with Gasteiger partial charge in [-0.05, 0) is 55.7 Å². The fourth-order valence-corrected chi connectivity index (χ4v) is 5.40. The summed E-state index contributed by atoms with van der Waals surface area (Å²) >= 11 is 0. The molecule has 0 aliphatic carbocycles. The van der Waals surface area contributed by atoms with Gasteiger partial charge in [-0.3, -0.25) is 9.59 Å². The minimum absolute atomic E-state index is 0.0334. The Kier molecular flexibility index (Phi) is 7.81. The number of hydrogen-bond donors (Lipinski definition) is 2. The normalized spacial score (nSPS) is 16.9.